The summed E-state index contributed by atoms with van der Waals surface area (Å²) < 4.78 is 11.8. The molecule has 0 fully saturated rings. The van der Waals surface area contributed by atoms with Gasteiger partial charge in [0.05, 0.1) is 23.6 Å². The molecule has 0 aliphatic carbocycles. The fraction of sp³-hybridized carbons (Fsp3) is 0.250. The molecule has 1 atom stereocenters. The summed E-state index contributed by atoms with van der Waals surface area (Å²) in [6.45, 7) is 4.75. The number of hydrogen-bond acceptors (Lipinski definition) is 5. The summed E-state index contributed by atoms with van der Waals surface area (Å²) in [6, 6.07) is 17.6. The largest absolute Gasteiger partial charge is 0.494 e. The fourth-order valence-electron chi connectivity index (χ4n) is 4.36. The highest BCUT2D eigenvalue weighted by molar-refractivity contribution is 6.10. The van der Waals surface area contributed by atoms with Gasteiger partial charge in [0.2, 0.25) is 5.76 Å². The summed E-state index contributed by atoms with van der Waals surface area (Å²) in [5.74, 6) is 0.917. The van der Waals surface area contributed by atoms with Crippen LogP contribution in [0.5, 0.6) is 5.75 Å². The van der Waals surface area contributed by atoms with E-state index in [1.807, 2.05) is 37.3 Å². The smallest absolute Gasteiger partial charge is 0.296 e. The molecule has 4 aromatic rings. The first-order valence-electron chi connectivity index (χ1n) is 11.6. The van der Waals surface area contributed by atoms with Crippen LogP contribution < -0.4 is 15.1 Å². The third kappa shape index (κ3) is 3.85. The number of pyridine rings is 1. The molecule has 0 radical (unpaired) electrons. The van der Waals surface area contributed by atoms with Gasteiger partial charge in [-0.2, -0.15) is 0 Å². The molecule has 0 saturated carbocycles. The third-order valence-electron chi connectivity index (χ3n) is 6.13. The lowest BCUT2D eigenvalue weighted by atomic mass is 9.98. The van der Waals surface area contributed by atoms with E-state index in [9.17, 15) is 9.59 Å². The van der Waals surface area contributed by atoms with Crippen molar-refractivity contribution in [3.8, 4) is 5.75 Å². The molecule has 0 saturated heterocycles. The maximum atomic E-state index is 13.6. The molecule has 2 aromatic heterocycles. The molecule has 172 valence electrons. The van der Waals surface area contributed by atoms with Crippen LogP contribution >= 0.6 is 0 Å². The first kappa shape index (κ1) is 21.9. The maximum Gasteiger partial charge on any atom is 0.296 e. The molecule has 2 aromatic carbocycles. The Kier molecular flexibility index (Phi) is 5.88. The van der Waals surface area contributed by atoms with Gasteiger partial charge in [-0.3, -0.25) is 14.5 Å². The van der Waals surface area contributed by atoms with E-state index in [2.05, 4.69) is 11.9 Å². The topological polar surface area (TPSA) is 72.6 Å². The van der Waals surface area contributed by atoms with Crippen molar-refractivity contribution in [2.24, 2.45) is 0 Å². The number of nitrogens with zero attached hydrogens (tertiary/aromatic N) is 2. The van der Waals surface area contributed by atoms with Gasteiger partial charge in [-0.05, 0) is 54.8 Å². The van der Waals surface area contributed by atoms with Gasteiger partial charge in [-0.25, -0.2) is 4.98 Å². The number of para-hydroxylation sites is 1. The van der Waals surface area contributed by atoms with Crippen molar-refractivity contribution in [2.45, 2.75) is 39.2 Å². The van der Waals surface area contributed by atoms with Crippen LogP contribution in [0.3, 0.4) is 0 Å². The van der Waals surface area contributed by atoms with Crippen molar-refractivity contribution in [1.82, 2.24) is 4.98 Å². The molecule has 0 spiro atoms. The van der Waals surface area contributed by atoms with Gasteiger partial charge in [0.1, 0.15) is 17.2 Å². The zero-order valence-electron chi connectivity index (χ0n) is 19.3. The van der Waals surface area contributed by atoms with Crippen molar-refractivity contribution < 1.29 is 13.9 Å². The number of carbonyl (C=O) groups is 1. The quantitative estimate of drug-likeness (QED) is 0.329. The average molecular weight is 455 g/mol. The number of hydrogen-bond donors (Lipinski definition) is 0. The zero-order chi connectivity index (χ0) is 23.7. The Morgan fingerprint density at radius 3 is 2.53 bits per heavy atom. The molecule has 1 aliphatic rings. The second-order valence-electron chi connectivity index (χ2n) is 8.57. The van der Waals surface area contributed by atoms with Crippen LogP contribution in [0.1, 0.15) is 59.5 Å². The summed E-state index contributed by atoms with van der Waals surface area (Å²) in [6.07, 6.45) is 4.98. The van der Waals surface area contributed by atoms with Crippen LogP contribution in [0, 0.1) is 6.92 Å². The molecule has 0 bridgehead atoms. The van der Waals surface area contributed by atoms with Gasteiger partial charge in [0.15, 0.2) is 5.43 Å². The van der Waals surface area contributed by atoms with Crippen molar-refractivity contribution in [3.63, 3.8) is 0 Å². The van der Waals surface area contributed by atoms with E-state index in [-0.39, 0.29) is 17.1 Å². The summed E-state index contributed by atoms with van der Waals surface area (Å²) in [5.41, 5.74) is 2.30. The van der Waals surface area contributed by atoms with E-state index in [0.29, 0.717) is 29.0 Å². The number of benzene rings is 2. The molecule has 1 aliphatic heterocycles. The molecule has 1 amide bonds. The minimum Gasteiger partial charge on any atom is -0.494 e. The number of ether oxygens (including phenoxy) is 1. The number of aryl methyl sites for hydroxylation is 1. The molecule has 34 heavy (non-hydrogen) atoms. The van der Waals surface area contributed by atoms with Gasteiger partial charge in [-0.1, -0.05) is 50.1 Å². The van der Waals surface area contributed by atoms with Crippen LogP contribution in [-0.2, 0) is 0 Å². The predicted molar refractivity (Wildman–Crippen MR) is 132 cm³/mol. The van der Waals surface area contributed by atoms with Crippen LogP contribution in [0.15, 0.2) is 76.1 Å². The number of amides is 1. The van der Waals surface area contributed by atoms with Crippen LogP contribution in [0.4, 0.5) is 5.82 Å². The van der Waals surface area contributed by atoms with Gasteiger partial charge in [0, 0.05) is 6.20 Å². The van der Waals surface area contributed by atoms with E-state index in [4.69, 9.17) is 9.15 Å². The molecule has 3 heterocycles. The number of fused-ring (bicyclic) bond motifs is 2. The molecular weight excluding hydrogens is 428 g/mol. The standard InChI is InChI=1S/C28H26N2O4/c1-3-4-7-16-33-20-13-11-19(12-14-20)25-24-26(31)21-8-5-6-9-22(21)34-27(24)28(32)30(25)23-15-10-18(2)17-29-23/h5-6,8-15,17,25H,3-4,7,16H2,1-2H3. The van der Waals surface area contributed by atoms with Gasteiger partial charge in [0.25, 0.3) is 5.91 Å². The number of rotatable bonds is 7. The van der Waals surface area contributed by atoms with Gasteiger partial charge < -0.3 is 9.15 Å². The summed E-state index contributed by atoms with van der Waals surface area (Å²) in [5, 5.41) is 0.452. The minimum absolute atomic E-state index is 0.0657. The second kappa shape index (κ2) is 9.14. The van der Waals surface area contributed by atoms with Crippen LogP contribution in [-0.4, -0.2) is 17.5 Å². The predicted octanol–water partition coefficient (Wildman–Crippen LogP) is 5.82. The Hall–Kier alpha value is -3.93. The van der Waals surface area contributed by atoms with Crippen molar-refractivity contribution in [3.05, 3.63) is 99.5 Å². The van der Waals surface area contributed by atoms with E-state index in [0.717, 1.165) is 36.1 Å². The fourth-order valence-corrected chi connectivity index (χ4v) is 4.36. The Balaban J connectivity index is 1.61. The third-order valence-corrected chi connectivity index (χ3v) is 6.13. The Labute approximate surface area is 197 Å². The highest BCUT2D eigenvalue weighted by Crippen LogP contribution is 2.40. The highest BCUT2D eigenvalue weighted by Gasteiger charge is 2.44. The van der Waals surface area contributed by atoms with E-state index in [1.54, 1.807) is 41.4 Å². The van der Waals surface area contributed by atoms with Crippen molar-refractivity contribution in [1.29, 1.82) is 0 Å². The summed E-state index contributed by atoms with van der Waals surface area (Å²) >= 11 is 0. The first-order valence-corrected chi connectivity index (χ1v) is 11.6. The van der Waals surface area contributed by atoms with Crippen molar-refractivity contribution in [2.75, 3.05) is 11.5 Å². The van der Waals surface area contributed by atoms with E-state index >= 15 is 0 Å². The lowest BCUT2D eigenvalue weighted by Crippen LogP contribution is -2.30. The Morgan fingerprint density at radius 2 is 1.79 bits per heavy atom. The van der Waals surface area contributed by atoms with Gasteiger partial charge in [-0.15, -0.1) is 0 Å². The van der Waals surface area contributed by atoms with Crippen LogP contribution in [0.2, 0.25) is 0 Å². The zero-order valence-corrected chi connectivity index (χ0v) is 19.3. The second-order valence-corrected chi connectivity index (χ2v) is 8.57. The number of anilines is 1. The Bertz CT molecular complexity index is 1390. The lowest BCUT2D eigenvalue weighted by molar-refractivity contribution is 0.0970. The van der Waals surface area contributed by atoms with Crippen LogP contribution in [0.25, 0.3) is 11.0 Å². The molecule has 1 unspecified atom stereocenters. The number of aromatic nitrogens is 1. The monoisotopic (exact) mass is 454 g/mol. The Morgan fingerprint density at radius 1 is 1.00 bits per heavy atom. The normalized spacial score (nSPS) is 15.1. The summed E-state index contributed by atoms with van der Waals surface area (Å²) in [7, 11) is 0. The first-order chi connectivity index (χ1) is 16.6. The number of carbonyl (C=O) groups excluding carboxylic acids is 1. The van der Waals surface area contributed by atoms with E-state index < -0.39 is 6.04 Å². The summed E-state index contributed by atoms with van der Waals surface area (Å²) in [4.78, 5) is 33.2. The molecule has 5 rings (SSSR count). The SMILES string of the molecule is CCCCCOc1ccc(C2c3c(oc4ccccc4c3=O)C(=O)N2c2ccc(C)cn2)cc1. The maximum absolute atomic E-state index is 13.6. The van der Waals surface area contributed by atoms with Gasteiger partial charge >= 0.3 is 0 Å². The molecule has 0 N–H and O–H groups in total. The van der Waals surface area contributed by atoms with Crippen molar-refractivity contribution >= 4 is 22.7 Å². The minimum atomic E-state index is -0.646. The molecule has 6 nitrogen and oxygen atoms in total. The average Bonchev–Trinajstić information content (AvgIpc) is 3.15. The number of unbranched alkanes of at least 4 members (excludes halogenated alkanes) is 2. The molecular formula is C28H26N2O4. The molecule has 6 heteroatoms. The van der Waals surface area contributed by atoms with E-state index in [1.165, 1.54) is 0 Å². The lowest BCUT2D eigenvalue weighted by Gasteiger charge is -2.24. The highest BCUT2D eigenvalue weighted by atomic mass is 16.5.